The molecule has 0 aliphatic carbocycles. The number of likely N-dealkylation sites (N-methyl/N-ethyl adjacent to an activating group) is 1. The van der Waals surface area contributed by atoms with Crippen LogP contribution in [0.25, 0.3) is 0 Å². The van der Waals surface area contributed by atoms with Gasteiger partial charge in [0, 0.05) is 26.2 Å². The summed E-state index contributed by atoms with van der Waals surface area (Å²) >= 11 is 0. The van der Waals surface area contributed by atoms with Gasteiger partial charge in [0.1, 0.15) is 11.5 Å². The van der Waals surface area contributed by atoms with E-state index >= 15 is 0 Å². The molecule has 0 unspecified atom stereocenters. The summed E-state index contributed by atoms with van der Waals surface area (Å²) < 4.78 is 11.4. The summed E-state index contributed by atoms with van der Waals surface area (Å²) in [5, 5.41) is 0. The van der Waals surface area contributed by atoms with Crippen molar-refractivity contribution in [2.75, 3.05) is 45.9 Å². The zero-order chi connectivity index (χ0) is 19.3. The molecule has 0 radical (unpaired) electrons. The number of rotatable bonds is 12. The van der Waals surface area contributed by atoms with Gasteiger partial charge in [0.25, 0.3) is 5.91 Å². The normalized spacial score (nSPS) is 15.0. The van der Waals surface area contributed by atoms with Crippen LogP contribution in [0.3, 0.4) is 0 Å². The molecule has 5 heteroatoms. The molecule has 2 rings (SSSR count). The van der Waals surface area contributed by atoms with E-state index in [-0.39, 0.29) is 12.5 Å². The highest BCUT2D eigenvalue weighted by Crippen LogP contribution is 2.18. The minimum atomic E-state index is 0.0640. The number of carbonyl (C=O) groups is 1. The van der Waals surface area contributed by atoms with Crippen molar-refractivity contribution in [2.24, 2.45) is 0 Å². The highest BCUT2D eigenvalue weighted by atomic mass is 16.5. The van der Waals surface area contributed by atoms with E-state index in [0.29, 0.717) is 5.75 Å². The van der Waals surface area contributed by atoms with Crippen molar-refractivity contribution in [2.45, 2.75) is 52.4 Å². The Labute approximate surface area is 164 Å². The summed E-state index contributed by atoms with van der Waals surface area (Å²) in [6, 6.07) is 7.57. The van der Waals surface area contributed by atoms with Gasteiger partial charge in [-0.05, 0) is 37.2 Å². The SMILES string of the molecule is CCCCCCCCOc1ccc(OCC(=O)N2CCN(CC)CC2)cc1. The topological polar surface area (TPSA) is 42.0 Å². The Bertz CT molecular complexity index is 525. The first-order valence-corrected chi connectivity index (χ1v) is 10.6. The standard InChI is InChI=1S/C22H36N2O3/c1-3-5-6-7-8-9-18-26-20-10-12-21(13-11-20)27-19-22(25)24-16-14-23(4-2)15-17-24/h10-13H,3-9,14-19H2,1-2H3. The summed E-state index contributed by atoms with van der Waals surface area (Å²) in [7, 11) is 0. The highest BCUT2D eigenvalue weighted by molar-refractivity contribution is 5.77. The maximum absolute atomic E-state index is 12.3. The molecule has 5 nitrogen and oxygen atoms in total. The molecule has 0 N–H and O–H groups in total. The molecule has 1 aromatic rings. The van der Waals surface area contributed by atoms with Gasteiger partial charge in [-0.15, -0.1) is 0 Å². The van der Waals surface area contributed by atoms with Crippen molar-refractivity contribution < 1.29 is 14.3 Å². The van der Waals surface area contributed by atoms with Crippen molar-refractivity contribution in [3.05, 3.63) is 24.3 Å². The van der Waals surface area contributed by atoms with Gasteiger partial charge < -0.3 is 19.3 Å². The quantitative estimate of drug-likeness (QED) is 0.518. The smallest absolute Gasteiger partial charge is 0.260 e. The Morgan fingerprint density at radius 2 is 1.44 bits per heavy atom. The Kier molecular flexibility index (Phi) is 10.1. The van der Waals surface area contributed by atoms with Crippen LogP contribution >= 0.6 is 0 Å². The molecule has 1 heterocycles. The van der Waals surface area contributed by atoms with E-state index in [1.807, 2.05) is 29.2 Å². The van der Waals surface area contributed by atoms with Crippen molar-refractivity contribution in [1.82, 2.24) is 9.80 Å². The molecule has 1 aliphatic rings. The number of unbranched alkanes of at least 4 members (excludes halogenated alkanes) is 5. The number of nitrogens with zero attached hydrogens (tertiary/aromatic N) is 2. The van der Waals surface area contributed by atoms with Crippen LogP contribution in [0, 0.1) is 0 Å². The fraction of sp³-hybridized carbons (Fsp3) is 0.682. The van der Waals surface area contributed by atoms with E-state index in [2.05, 4.69) is 18.7 Å². The molecular weight excluding hydrogens is 340 g/mol. The number of ether oxygens (including phenoxy) is 2. The van der Waals surface area contributed by atoms with Crippen LogP contribution in [-0.2, 0) is 4.79 Å². The van der Waals surface area contributed by atoms with E-state index in [1.165, 1.54) is 32.1 Å². The Balaban J connectivity index is 1.60. The lowest BCUT2D eigenvalue weighted by atomic mass is 10.1. The van der Waals surface area contributed by atoms with E-state index in [4.69, 9.17) is 9.47 Å². The van der Waals surface area contributed by atoms with Gasteiger partial charge in [-0.3, -0.25) is 4.79 Å². The average molecular weight is 377 g/mol. The van der Waals surface area contributed by atoms with Crippen LogP contribution in [0.1, 0.15) is 52.4 Å². The summed E-state index contributed by atoms with van der Waals surface area (Å²) in [6.45, 7) is 9.79. The molecular formula is C22H36N2O3. The summed E-state index contributed by atoms with van der Waals surface area (Å²) in [6.07, 6.45) is 7.57. The third-order valence-electron chi connectivity index (χ3n) is 5.12. The molecule has 0 saturated carbocycles. The highest BCUT2D eigenvalue weighted by Gasteiger charge is 2.20. The lowest BCUT2D eigenvalue weighted by molar-refractivity contribution is -0.135. The van der Waals surface area contributed by atoms with Gasteiger partial charge in [0.2, 0.25) is 0 Å². The molecule has 1 aliphatic heterocycles. The Morgan fingerprint density at radius 1 is 0.852 bits per heavy atom. The zero-order valence-electron chi connectivity index (χ0n) is 17.1. The number of carbonyl (C=O) groups excluding carboxylic acids is 1. The summed E-state index contributed by atoms with van der Waals surface area (Å²) in [5.41, 5.74) is 0. The van der Waals surface area contributed by atoms with E-state index in [9.17, 15) is 4.79 Å². The first-order chi connectivity index (χ1) is 13.2. The molecule has 0 atom stereocenters. The number of hydrogen-bond donors (Lipinski definition) is 0. The minimum absolute atomic E-state index is 0.0640. The number of piperazine rings is 1. The van der Waals surface area contributed by atoms with Crippen LogP contribution in [0.5, 0.6) is 11.5 Å². The van der Waals surface area contributed by atoms with Crippen LogP contribution in [-0.4, -0.2) is 61.6 Å². The largest absolute Gasteiger partial charge is 0.494 e. The van der Waals surface area contributed by atoms with Gasteiger partial charge >= 0.3 is 0 Å². The average Bonchev–Trinajstić information content (AvgIpc) is 2.72. The Hall–Kier alpha value is -1.75. The van der Waals surface area contributed by atoms with E-state index in [0.717, 1.165) is 51.5 Å². The first kappa shape index (κ1) is 21.5. The van der Waals surface area contributed by atoms with Gasteiger partial charge in [-0.1, -0.05) is 46.0 Å². The predicted molar refractivity (Wildman–Crippen MR) is 110 cm³/mol. The maximum Gasteiger partial charge on any atom is 0.260 e. The first-order valence-electron chi connectivity index (χ1n) is 10.6. The zero-order valence-corrected chi connectivity index (χ0v) is 17.1. The van der Waals surface area contributed by atoms with Crippen LogP contribution in [0.2, 0.25) is 0 Å². The van der Waals surface area contributed by atoms with Crippen molar-refractivity contribution >= 4 is 5.91 Å². The van der Waals surface area contributed by atoms with Gasteiger partial charge in [-0.25, -0.2) is 0 Å². The third-order valence-corrected chi connectivity index (χ3v) is 5.12. The lowest BCUT2D eigenvalue weighted by Crippen LogP contribution is -2.49. The summed E-state index contributed by atoms with van der Waals surface area (Å²) in [5.74, 6) is 1.63. The molecule has 27 heavy (non-hydrogen) atoms. The molecule has 1 amide bonds. The fourth-order valence-corrected chi connectivity index (χ4v) is 3.25. The van der Waals surface area contributed by atoms with Gasteiger partial charge in [0.15, 0.2) is 6.61 Å². The molecule has 0 bridgehead atoms. The predicted octanol–water partition coefficient (Wildman–Crippen LogP) is 3.97. The summed E-state index contributed by atoms with van der Waals surface area (Å²) in [4.78, 5) is 16.5. The van der Waals surface area contributed by atoms with E-state index < -0.39 is 0 Å². The van der Waals surface area contributed by atoms with Gasteiger partial charge in [0.05, 0.1) is 6.61 Å². The van der Waals surface area contributed by atoms with Crippen LogP contribution in [0.15, 0.2) is 24.3 Å². The van der Waals surface area contributed by atoms with Gasteiger partial charge in [-0.2, -0.15) is 0 Å². The minimum Gasteiger partial charge on any atom is -0.494 e. The molecule has 1 fully saturated rings. The molecule has 1 aromatic carbocycles. The molecule has 0 aromatic heterocycles. The molecule has 0 spiro atoms. The maximum atomic E-state index is 12.3. The van der Waals surface area contributed by atoms with Crippen LogP contribution < -0.4 is 9.47 Å². The Morgan fingerprint density at radius 3 is 2.07 bits per heavy atom. The van der Waals surface area contributed by atoms with Crippen molar-refractivity contribution in [3.8, 4) is 11.5 Å². The fourth-order valence-electron chi connectivity index (χ4n) is 3.25. The second-order valence-corrected chi connectivity index (χ2v) is 7.19. The number of hydrogen-bond acceptors (Lipinski definition) is 4. The second kappa shape index (κ2) is 12.6. The number of amides is 1. The molecule has 152 valence electrons. The lowest BCUT2D eigenvalue weighted by Gasteiger charge is -2.33. The molecule has 1 saturated heterocycles. The number of benzene rings is 1. The third kappa shape index (κ3) is 8.21. The van der Waals surface area contributed by atoms with Crippen molar-refractivity contribution in [1.29, 1.82) is 0 Å². The monoisotopic (exact) mass is 376 g/mol. The van der Waals surface area contributed by atoms with Crippen LogP contribution in [0.4, 0.5) is 0 Å². The second-order valence-electron chi connectivity index (χ2n) is 7.19. The van der Waals surface area contributed by atoms with Crippen molar-refractivity contribution in [3.63, 3.8) is 0 Å². The van der Waals surface area contributed by atoms with E-state index in [1.54, 1.807) is 0 Å².